The number of likely N-dealkylation sites (tertiary alicyclic amines) is 1. The Balaban J connectivity index is 1.57. The van der Waals surface area contributed by atoms with Gasteiger partial charge in [-0.2, -0.15) is 0 Å². The number of pyridine rings is 1. The van der Waals surface area contributed by atoms with Gasteiger partial charge in [-0.25, -0.2) is 0 Å². The van der Waals surface area contributed by atoms with Crippen LogP contribution in [-0.2, 0) is 22.6 Å². The first-order valence-electron chi connectivity index (χ1n) is 13.0. The van der Waals surface area contributed by atoms with Crippen molar-refractivity contribution in [1.82, 2.24) is 9.88 Å². The van der Waals surface area contributed by atoms with Crippen molar-refractivity contribution in [1.29, 1.82) is 0 Å². The van der Waals surface area contributed by atoms with Gasteiger partial charge in [-0.05, 0) is 78.4 Å². The maximum atomic E-state index is 13.4. The number of ketones is 1. The van der Waals surface area contributed by atoms with Crippen LogP contribution in [0.2, 0.25) is 0 Å². The summed E-state index contributed by atoms with van der Waals surface area (Å²) in [5, 5.41) is 11.5. The van der Waals surface area contributed by atoms with Crippen molar-refractivity contribution >= 4 is 17.4 Å². The van der Waals surface area contributed by atoms with Gasteiger partial charge in [0.05, 0.1) is 18.2 Å². The average molecular weight is 513 g/mol. The van der Waals surface area contributed by atoms with E-state index in [4.69, 9.17) is 9.47 Å². The molecule has 2 aliphatic heterocycles. The molecule has 38 heavy (non-hydrogen) atoms. The van der Waals surface area contributed by atoms with Gasteiger partial charge in [0.25, 0.3) is 11.7 Å². The summed E-state index contributed by atoms with van der Waals surface area (Å²) in [6.45, 7) is 7.02. The van der Waals surface area contributed by atoms with Crippen molar-refractivity contribution in [3.8, 4) is 11.5 Å². The van der Waals surface area contributed by atoms with E-state index in [1.807, 2.05) is 49.4 Å². The minimum Gasteiger partial charge on any atom is -0.507 e. The fourth-order valence-corrected chi connectivity index (χ4v) is 4.99. The van der Waals surface area contributed by atoms with Crippen LogP contribution in [0.4, 0.5) is 0 Å². The lowest BCUT2D eigenvalue weighted by molar-refractivity contribution is -0.140. The number of aromatic nitrogens is 1. The second kappa shape index (κ2) is 10.7. The number of aliphatic hydroxyl groups is 1. The fourth-order valence-electron chi connectivity index (χ4n) is 4.99. The number of amides is 1. The monoisotopic (exact) mass is 512 g/mol. The minimum atomic E-state index is -0.778. The molecule has 7 nitrogen and oxygen atoms in total. The molecule has 1 fully saturated rings. The van der Waals surface area contributed by atoms with Gasteiger partial charge in [-0.1, -0.05) is 26.0 Å². The molecule has 7 heteroatoms. The summed E-state index contributed by atoms with van der Waals surface area (Å²) in [6.07, 6.45) is 4.97. The molecule has 0 radical (unpaired) electrons. The van der Waals surface area contributed by atoms with E-state index < -0.39 is 17.7 Å². The molecule has 2 atom stereocenters. The molecular weight excluding hydrogens is 480 g/mol. The predicted octanol–water partition coefficient (Wildman–Crippen LogP) is 5.45. The standard InChI is InChI=1S/C31H32N2O5/c1-19(2)11-14-37-25-6-4-5-22(17-25)28-27(29(34)23-7-8-26-24(16-23)15-20(3)38-26)30(35)31(36)33(28)18-21-9-12-32-13-10-21/h4-10,12-13,16-17,19-20,28,34H,11,14-15,18H2,1-3H3/b29-27+/t20-,28-/m0/s1. The zero-order valence-electron chi connectivity index (χ0n) is 21.9. The topological polar surface area (TPSA) is 89.0 Å². The van der Waals surface area contributed by atoms with Gasteiger partial charge in [0.1, 0.15) is 23.4 Å². The molecule has 0 unspecified atom stereocenters. The molecule has 1 saturated heterocycles. The summed E-state index contributed by atoms with van der Waals surface area (Å²) < 4.78 is 11.8. The largest absolute Gasteiger partial charge is 0.507 e. The number of nitrogens with zero attached hydrogens (tertiary/aromatic N) is 2. The Bertz CT molecular complexity index is 1380. The Labute approximate surface area is 222 Å². The first-order valence-corrected chi connectivity index (χ1v) is 13.0. The van der Waals surface area contributed by atoms with E-state index in [2.05, 4.69) is 18.8 Å². The number of aliphatic hydroxyl groups excluding tert-OH is 1. The Kier molecular flexibility index (Phi) is 7.18. The van der Waals surface area contributed by atoms with Crippen molar-refractivity contribution < 1.29 is 24.2 Å². The van der Waals surface area contributed by atoms with Crippen LogP contribution in [-0.4, -0.2) is 39.4 Å². The molecule has 3 aromatic rings. The lowest BCUT2D eigenvalue weighted by Crippen LogP contribution is -2.29. The Hall–Kier alpha value is -4.13. The molecule has 0 spiro atoms. The normalized spacial score (nSPS) is 20.1. The van der Waals surface area contributed by atoms with Gasteiger partial charge in [0, 0.05) is 30.9 Å². The Morgan fingerprint density at radius 2 is 1.92 bits per heavy atom. The third-order valence-corrected chi connectivity index (χ3v) is 6.95. The van der Waals surface area contributed by atoms with E-state index in [9.17, 15) is 14.7 Å². The first-order chi connectivity index (χ1) is 18.3. The van der Waals surface area contributed by atoms with E-state index in [0.29, 0.717) is 35.8 Å². The smallest absolute Gasteiger partial charge is 0.295 e. The molecule has 0 bridgehead atoms. The van der Waals surface area contributed by atoms with E-state index in [1.54, 1.807) is 24.5 Å². The van der Waals surface area contributed by atoms with Crippen LogP contribution in [0, 0.1) is 5.92 Å². The summed E-state index contributed by atoms with van der Waals surface area (Å²) in [6, 6.07) is 15.6. The number of ether oxygens (including phenoxy) is 2. The van der Waals surface area contributed by atoms with E-state index in [-0.39, 0.29) is 24.0 Å². The van der Waals surface area contributed by atoms with Crippen molar-refractivity contribution in [2.45, 2.75) is 52.3 Å². The molecule has 2 aromatic carbocycles. The van der Waals surface area contributed by atoms with Crippen molar-refractivity contribution in [2.24, 2.45) is 5.92 Å². The molecule has 2 aliphatic rings. The van der Waals surface area contributed by atoms with Gasteiger partial charge < -0.3 is 19.5 Å². The van der Waals surface area contributed by atoms with E-state index >= 15 is 0 Å². The second-order valence-corrected chi connectivity index (χ2v) is 10.3. The highest BCUT2D eigenvalue weighted by Crippen LogP contribution is 2.42. The summed E-state index contributed by atoms with van der Waals surface area (Å²) in [4.78, 5) is 32.4. The summed E-state index contributed by atoms with van der Waals surface area (Å²) >= 11 is 0. The quantitative estimate of drug-likeness (QED) is 0.245. The number of fused-ring (bicyclic) bond motifs is 1. The number of benzene rings is 2. The molecular formula is C31H32N2O5. The van der Waals surface area contributed by atoms with Crippen molar-refractivity contribution in [2.75, 3.05) is 6.61 Å². The highest BCUT2D eigenvalue weighted by molar-refractivity contribution is 6.46. The fraction of sp³-hybridized carbons (Fsp3) is 0.323. The number of Topliss-reactive ketones (excluding diaryl/α,β-unsaturated/α-hetero) is 1. The summed E-state index contributed by atoms with van der Waals surface area (Å²) in [5.41, 5.74) is 3.04. The second-order valence-electron chi connectivity index (χ2n) is 10.3. The third-order valence-electron chi connectivity index (χ3n) is 6.95. The zero-order valence-corrected chi connectivity index (χ0v) is 21.9. The van der Waals surface area contributed by atoms with Crippen LogP contribution in [0.1, 0.15) is 55.5 Å². The number of carbonyl (C=O) groups excluding carboxylic acids is 2. The number of hydrogen-bond donors (Lipinski definition) is 1. The minimum absolute atomic E-state index is 0.0479. The summed E-state index contributed by atoms with van der Waals surface area (Å²) in [5.74, 6) is 0.372. The lowest BCUT2D eigenvalue weighted by atomic mass is 9.94. The zero-order chi connectivity index (χ0) is 26.8. The van der Waals surface area contributed by atoms with Crippen LogP contribution in [0.3, 0.4) is 0 Å². The molecule has 0 saturated carbocycles. The highest BCUT2D eigenvalue weighted by Gasteiger charge is 2.46. The van der Waals surface area contributed by atoms with Crippen LogP contribution < -0.4 is 9.47 Å². The van der Waals surface area contributed by atoms with Crippen molar-refractivity contribution in [3.05, 3.63) is 94.8 Å². The lowest BCUT2D eigenvalue weighted by Gasteiger charge is -2.26. The molecule has 3 heterocycles. The number of hydrogen-bond acceptors (Lipinski definition) is 6. The van der Waals surface area contributed by atoms with Gasteiger partial charge in [-0.15, -0.1) is 0 Å². The molecule has 1 amide bonds. The number of carbonyl (C=O) groups is 2. The SMILES string of the molecule is CC(C)CCOc1cccc([C@H]2/C(=C(\O)c3ccc4c(c3)C[C@H](C)O4)C(=O)C(=O)N2Cc2ccncc2)c1. The average Bonchev–Trinajstić information content (AvgIpc) is 3.40. The molecule has 196 valence electrons. The van der Waals surface area contributed by atoms with Crippen LogP contribution in [0.25, 0.3) is 5.76 Å². The van der Waals surface area contributed by atoms with E-state index in [1.165, 1.54) is 4.90 Å². The van der Waals surface area contributed by atoms with Crippen LogP contribution in [0.5, 0.6) is 11.5 Å². The number of rotatable bonds is 8. The van der Waals surface area contributed by atoms with Crippen LogP contribution >= 0.6 is 0 Å². The van der Waals surface area contributed by atoms with Gasteiger partial charge in [-0.3, -0.25) is 14.6 Å². The summed E-state index contributed by atoms with van der Waals surface area (Å²) in [7, 11) is 0. The molecule has 1 N–H and O–H groups in total. The third kappa shape index (κ3) is 5.14. The maximum Gasteiger partial charge on any atom is 0.295 e. The first kappa shape index (κ1) is 25.5. The molecule has 5 rings (SSSR count). The highest BCUT2D eigenvalue weighted by atomic mass is 16.5. The Morgan fingerprint density at radius 3 is 2.68 bits per heavy atom. The maximum absolute atomic E-state index is 13.4. The Morgan fingerprint density at radius 1 is 1.13 bits per heavy atom. The molecule has 1 aromatic heterocycles. The van der Waals surface area contributed by atoms with E-state index in [0.717, 1.165) is 23.3 Å². The van der Waals surface area contributed by atoms with Gasteiger partial charge in [0.2, 0.25) is 0 Å². The van der Waals surface area contributed by atoms with Crippen molar-refractivity contribution in [3.63, 3.8) is 0 Å². The van der Waals surface area contributed by atoms with Crippen LogP contribution in [0.15, 0.2) is 72.6 Å². The van der Waals surface area contributed by atoms with Gasteiger partial charge in [0.15, 0.2) is 0 Å². The predicted molar refractivity (Wildman–Crippen MR) is 144 cm³/mol. The molecule has 0 aliphatic carbocycles. The van der Waals surface area contributed by atoms with Gasteiger partial charge >= 0.3 is 0 Å².